The van der Waals surface area contributed by atoms with Gasteiger partial charge in [-0.25, -0.2) is 0 Å². The molecule has 1 atom stereocenters. The minimum absolute atomic E-state index is 0.0491. The summed E-state index contributed by atoms with van der Waals surface area (Å²) >= 11 is 1.30. The van der Waals surface area contributed by atoms with Gasteiger partial charge >= 0.3 is 0 Å². The molecule has 1 N–H and O–H groups in total. The Hall–Kier alpha value is -0.770. The van der Waals surface area contributed by atoms with Crippen molar-refractivity contribution in [1.29, 1.82) is 0 Å². The van der Waals surface area contributed by atoms with Gasteiger partial charge in [0, 0.05) is 25.1 Å². The molecule has 0 spiro atoms. The largest absolute Gasteiger partial charge is 0.356 e. The maximum absolute atomic E-state index is 11.6. The standard InChI is InChI=1S/C12H21NO2S/c1-4-5-6-7-10(2)12(15)16-9-8-13-11(3)14/h5-6,10H,4,7-9H2,1-3H3,(H,13,14)/b6-5+/t10-/m0/s1. The van der Waals surface area contributed by atoms with Gasteiger partial charge in [-0.2, -0.15) is 0 Å². The van der Waals surface area contributed by atoms with E-state index >= 15 is 0 Å². The highest BCUT2D eigenvalue weighted by molar-refractivity contribution is 8.13. The molecule has 4 heteroatoms. The van der Waals surface area contributed by atoms with E-state index in [2.05, 4.69) is 24.4 Å². The van der Waals surface area contributed by atoms with E-state index < -0.39 is 0 Å². The van der Waals surface area contributed by atoms with Crippen molar-refractivity contribution in [3.8, 4) is 0 Å². The van der Waals surface area contributed by atoms with Crippen LogP contribution >= 0.6 is 11.8 Å². The first-order chi connectivity index (χ1) is 7.57. The van der Waals surface area contributed by atoms with Gasteiger partial charge < -0.3 is 5.32 Å². The van der Waals surface area contributed by atoms with Crippen LogP contribution in [0.5, 0.6) is 0 Å². The Bertz CT molecular complexity index is 251. The van der Waals surface area contributed by atoms with Crippen LogP contribution in [0.2, 0.25) is 0 Å². The molecule has 0 aliphatic carbocycles. The summed E-state index contributed by atoms with van der Waals surface area (Å²) in [4.78, 5) is 22.2. The van der Waals surface area contributed by atoms with Gasteiger partial charge in [-0.15, -0.1) is 0 Å². The van der Waals surface area contributed by atoms with Gasteiger partial charge in [0.25, 0.3) is 0 Å². The molecule has 0 rings (SSSR count). The summed E-state index contributed by atoms with van der Waals surface area (Å²) in [5.74, 6) is 0.664. The fourth-order valence-electron chi connectivity index (χ4n) is 1.08. The predicted octanol–water partition coefficient (Wildman–Crippen LogP) is 2.37. The molecule has 0 heterocycles. The van der Waals surface area contributed by atoms with Gasteiger partial charge in [0.05, 0.1) is 0 Å². The van der Waals surface area contributed by atoms with Crippen LogP contribution in [-0.2, 0) is 9.59 Å². The smallest absolute Gasteiger partial charge is 0.216 e. The SMILES string of the molecule is CC/C=C/C[C@H](C)C(=O)SCCNC(C)=O. The quantitative estimate of drug-likeness (QED) is 0.551. The average molecular weight is 243 g/mol. The number of hydrogen-bond acceptors (Lipinski definition) is 3. The zero-order chi connectivity index (χ0) is 12.4. The number of carbonyl (C=O) groups is 2. The van der Waals surface area contributed by atoms with E-state index in [9.17, 15) is 9.59 Å². The molecule has 0 aromatic rings. The first-order valence-corrected chi connectivity index (χ1v) is 6.62. The normalized spacial score (nSPS) is 12.7. The molecule has 92 valence electrons. The van der Waals surface area contributed by atoms with E-state index in [1.54, 1.807) is 0 Å². The van der Waals surface area contributed by atoms with Gasteiger partial charge in [0.2, 0.25) is 5.91 Å². The number of amides is 1. The lowest BCUT2D eigenvalue weighted by molar-refractivity contribution is -0.119. The minimum Gasteiger partial charge on any atom is -0.356 e. The molecule has 0 saturated heterocycles. The van der Waals surface area contributed by atoms with Crippen molar-refractivity contribution in [2.75, 3.05) is 12.3 Å². The molecule has 0 unspecified atom stereocenters. The summed E-state index contributed by atoms with van der Waals surface area (Å²) in [6.07, 6.45) is 5.94. The Kier molecular flexibility index (Phi) is 9.00. The molecule has 0 bridgehead atoms. The Morgan fingerprint density at radius 3 is 2.62 bits per heavy atom. The molecular formula is C12H21NO2S. The lowest BCUT2D eigenvalue weighted by Crippen LogP contribution is -2.23. The predicted molar refractivity (Wildman–Crippen MR) is 69.4 cm³/mol. The van der Waals surface area contributed by atoms with E-state index in [1.807, 2.05) is 6.92 Å². The molecule has 1 amide bonds. The first-order valence-electron chi connectivity index (χ1n) is 5.64. The zero-order valence-electron chi connectivity index (χ0n) is 10.3. The van der Waals surface area contributed by atoms with Gasteiger partial charge in [-0.05, 0) is 12.8 Å². The zero-order valence-corrected chi connectivity index (χ0v) is 11.1. The van der Waals surface area contributed by atoms with Gasteiger partial charge in [-0.1, -0.05) is 37.8 Å². The van der Waals surface area contributed by atoms with Crippen LogP contribution in [0.1, 0.15) is 33.6 Å². The Morgan fingerprint density at radius 1 is 1.38 bits per heavy atom. The Morgan fingerprint density at radius 2 is 2.06 bits per heavy atom. The van der Waals surface area contributed by atoms with Gasteiger partial charge in [0.15, 0.2) is 5.12 Å². The second-order valence-corrected chi connectivity index (χ2v) is 4.77. The lowest BCUT2D eigenvalue weighted by atomic mass is 10.1. The summed E-state index contributed by atoms with van der Waals surface area (Å²) < 4.78 is 0. The fourth-order valence-corrected chi connectivity index (χ4v) is 1.87. The number of rotatable bonds is 7. The molecular weight excluding hydrogens is 222 g/mol. The topological polar surface area (TPSA) is 46.2 Å². The third kappa shape index (κ3) is 8.53. The second-order valence-electron chi connectivity index (χ2n) is 3.67. The van der Waals surface area contributed by atoms with Crippen LogP contribution in [0.15, 0.2) is 12.2 Å². The molecule has 0 aliphatic rings. The van der Waals surface area contributed by atoms with Gasteiger partial charge in [-0.3, -0.25) is 9.59 Å². The third-order valence-corrected chi connectivity index (χ3v) is 3.11. The highest BCUT2D eigenvalue weighted by Crippen LogP contribution is 2.14. The molecule has 0 radical (unpaired) electrons. The van der Waals surface area contributed by atoms with Crippen LogP contribution in [-0.4, -0.2) is 23.3 Å². The van der Waals surface area contributed by atoms with E-state index in [1.165, 1.54) is 18.7 Å². The number of allylic oxidation sites excluding steroid dienone is 2. The van der Waals surface area contributed by atoms with Crippen LogP contribution in [0.4, 0.5) is 0 Å². The lowest BCUT2D eigenvalue weighted by Gasteiger charge is -2.07. The molecule has 0 aromatic carbocycles. The van der Waals surface area contributed by atoms with Crippen molar-refractivity contribution in [2.45, 2.75) is 33.6 Å². The van der Waals surface area contributed by atoms with Crippen LogP contribution in [0, 0.1) is 5.92 Å². The van der Waals surface area contributed by atoms with Crippen LogP contribution < -0.4 is 5.32 Å². The summed E-state index contributed by atoms with van der Waals surface area (Å²) in [6, 6.07) is 0. The minimum atomic E-state index is -0.0491. The maximum atomic E-state index is 11.6. The average Bonchev–Trinajstić information content (AvgIpc) is 2.24. The van der Waals surface area contributed by atoms with Crippen LogP contribution in [0.25, 0.3) is 0 Å². The highest BCUT2D eigenvalue weighted by Gasteiger charge is 2.11. The Labute approximate surface area is 102 Å². The van der Waals surface area contributed by atoms with Crippen molar-refractivity contribution in [3.63, 3.8) is 0 Å². The second kappa shape index (κ2) is 9.46. The van der Waals surface area contributed by atoms with Crippen molar-refractivity contribution in [2.24, 2.45) is 5.92 Å². The monoisotopic (exact) mass is 243 g/mol. The number of nitrogens with one attached hydrogen (secondary N) is 1. The molecule has 0 saturated carbocycles. The van der Waals surface area contributed by atoms with Crippen molar-refractivity contribution in [3.05, 3.63) is 12.2 Å². The summed E-state index contributed by atoms with van der Waals surface area (Å²) in [6.45, 7) is 6.05. The van der Waals surface area contributed by atoms with E-state index in [-0.39, 0.29) is 16.9 Å². The van der Waals surface area contributed by atoms with E-state index in [0.717, 1.165) is 12.8 Å². The number of thioether (sulfide) groups is 1. The molecule has 16 heavy (non-hydrogen) atoms. The Balaban J connectivity index is 3.62. The molecule has 0 fully saturated rings. The van der Waals surface area contributed by atoms with Crippen molar-refractivity contribution in [1.82, 2.24) is 5.32 Å². The van der Waals surface area contributed by atoms with E-state index in [0.29, 0.717) is 12.3 Å². The van der Waals surface area contributed by atoms with Crippen molar-refractivity contribution < 1.29 is 9.59 Å². The first kappa shape index (κ1) is 15.2. The van der Waals surface area contributed by atoms with Gasteiger partial charge in [0.1, 0.15) is 0 Å². The van der Waals surface area contributed by atoms with Crippen molar-refractivity contribution >= 4 is 22.8 Å². The summed E-state index contributed by atoms with van der Waals surface area (Å²) in [7, 11) is 0. The maximum Gasteiger partial charge on any atom is 0.216 e. The number of hydrogen-bond donors (Lipinski definition) is 1. The molecule has 0 aromatic heterocycles. The fraction of sp³-hybridized carbons (Fsp3) is 0.667. The number of carbonyl (C=O) groups excluding carboxylic acids is 2. The highest BCUT2D eigenvalue weighted by atomic mass is 32.2. The van der Waals surface area contributed by atoms with Crippen LogP contribution in [0.3, 0.4) is 0 Å². The van der Waals surface area contributed by atoms with E-state index in [4.69, 9.17) is 0 Å². The molecule has 0 aliphatic heterocycles. The third-order valence-electron chi connectivity index (χ3n) is 2.01. The molecule has 3 nitrogen and oxygen atoms in total. The summed E-state index contributed by atoms with van der Waals surface area (Å²) in [5.41, 5.74) is 0. The summed E-state index contributed by atoms with van der Waals surface area (Å²) in [5, 5.41) is 2.87.